The Bertz CT molecular complexity index is 694. The molecule has 0 radical (unpaired) electrons. The monoisotopic (exact) mass is 328 g/mol. The van der Waals surface area contributed by atoms with Crippen molar-refractivity contribution >= 4 is 23.2 Å². The van der Waals surface area contributed by atoms with Gasteiger partial charge in [0.2, 0.25) is 11.8 Å². The molecule has 0 aromatic heterocycles. The maximum Gasteiger partial charge on any atom is 0.226 e. The molecule has 4 nitrogen and oxygen atoms in total. The molecule has 126 valence electrons. The number of halogens is 1. The molecule has 0 aliphatic rings. The highest BCUT2D eigenvalue weighted by Crippen LogP contribution is 2.15. The van der Waals surface area contributed by atoms with Gasteiger partial charge < -0.3 is 10.6 Å². The molecule has 5 heteroatoms. The number of rotatable bonds is 6. The third kappa shape index (κ3) is 5.50. The zero-order chi connectivity index (χ0) is 17.5. The first kappa shape index (κ1) is 17.7. The fourth-order valence-electron chi connectivity index (χ4n) is 2.06. The molecule has 2 N–H and O–H groups in total. The van der Waals surface area contributed by atoms with E-state index in [1.54, 1.807) is 36.4 Å². The van der Waals surface area contributed by atoms with E-state index in [1.807, 2.05) is 13.8 Å². The second-order valence-electron chi connectivity index (χ2n) is 5.90. The van der Waals surface area contributed by atoms with Crippen LogP contribution in [0.2, 0.25) is 0 Å². The first-order valence-electron chi connectivity index (χ1n) is 7.89. The van der Waals surface area contributed by atoms with Gasteiger partial charge in [0.25, 0.3) is 0 Å². The van der Waals surface area contributed by atoms with Gasteiger partial charge in [-0.1, -0.05) is 26.0 Å². The average Bonchev–Trinajstić information content (AvgIpc) is 2.56. The second-order valence-corrected chi connectivity index (χ2v) is 5.90. The van der Waals surface area contributed by atoms with Crippen molar-refractivity contribution in [2.45, 2.75) is 26.7 Å². The number of carbonyl (C=O) groups is 2. The van der Waals surface area contributed by atoms with Crippen LogP contribution in [-0.2, 0) is 16.0 Å². The summed E-state index contributed by atoms with van der Waals surface area (Å²) in [6, 6.07) is 13.1. The van der Waals surface area contributed by atoms with Crippen LogP contribution < -0.4 is 10.6 Å². The molecule has 0 saturated carbocycles. The summed E-state index contributed by atoms with van der Waals surface area (Å²) in [5.74, 6) is -0.534. The Balaban J connectivity index is 1.83. The first-order valence-corrected chi connectivity index (χ1v) is 7.89. The summed E-state index contributed by atoms with van der Waals surface area (Å²) in [6.45, 7) is 3.65. The quantitative estimate of drug-likeness (QED) is 0.842. The number of hydrogen-bond acceptors (Lipinski definition) is 2. The fraction of sp³-hybridized carbons (Fsp3) is 0.263. The van der Waals surface area contributed by atoms with E-state index in [4.69, 9.17) is 0 Å². The molecule has 2 aromatic carbocycles. The minimum Gasteiger partial charge on any atom is -0.326 e. The lowest BCUT2D eigenvalue weighted by Crippen LogP contribution is -2.17. The lowest BCUT2D eigenvalue weighted by molar-refractivity contribution is -0.119. The maximum atomic E-state index is 12.8. The van der Waals surface area contributed by atoms with Gasteiger partial charge in [-0.3, -0.25) is 9.59 Å². The Kier molecular flexibility index (Phi) is 6.07. The summed E-state index contributed by atoms with van der Waals surface area (Å²) in [4.78, 5) is 23.6. The van der Waals surface area contributed by atoms with E-state index in [1.165, 1.54) is 12.1 Å². The molecule has 2 aromatic rings. The predicted octanol–water partition coefficient (Wildman–Crippen LogP) is 3.99. The SMILES string of the molecule is CC(C)C(=O)Nc1ccc(NC(=O)CCc2ccc(F)cc2)cc1. The lowest BCUT2D eigenvalue weighted by Gasteiger charge is -2.09. The number of hydrogen-bond donors (Lipinski definition) is 2. The largest absolute Gasteiger partial charge is 0.326 e. The van der Waals surface area contributed by atoms with Crippen LogP contribution in [0.25, 0.3) is 0 Å². The van der Waals surface area contributed by atoms with Crippen molar-refractivity contribution in [3.8, 4) is 0 Å². The highest BCUT2D eigenvalue weighted by molar-refractivity contribution is 5.93. The Morgan fingerprint density at radius 2 is 1.46 bits per heavy atom. The van der Waals surface area contributed by atoms with Gasteiger partial charge in [-0.25, -0.2) is 4.39 Å². The third-order valence-electron chi connectivity index (χ3n) is 3.51. The lowest BCUT2D eigenvalue weighted by atomic mass is 10.1. The Labute approximate surface area is 141 Å². The van der Waals surface area contributed by atoms with Crippen LogP contribution in [0.3, 0.4) is 0 Å². The highest BCUT2D eigenvalue weighted by atomic mass is 19.1. The molecule has 0 saturated heterocycles. The molecule has 0 fully saturated rings. The van der Waals surface area contributed by atoms with Crippen LogP contribution in [0.15, 0.2) is 48.5 Å². The maximum absolute atomic E-state index is 12.8. The number of aryl methyl sites for hydroxylation is 1. The number of anilines is 2. The van der Waals surface area contributed by atoms with Crippen molar-refractivity contribution in [3.05, 3.63) is 59.9 Å². The van der Waals surface area contributed by atoms with Gasteiger partial charge in [0.15, 0.2) is 0 Å². The standard InChI is InChI=1S/C19H21FN2O2/c1-13(2)19(24)22-17-10-8-16(9-11-17)21-18(23)12-5-14-3-6-15(20)7-4-14/h3-4,6-11,13H,5,12H2,1-2H3,(H,21,23)(H,22,24). The molecular formula is C19H21FN2O2. The minimum atomic E-state index is -0.284. The summed E-state index contributed by atoms with van der Waals surface area (Å²) in [5.41, 5.74) is 2.28. The van der Waals surface area contributed by atoms with E-state index in [2.05, 4.69) is 10.6 Å². The van der Waals surface area contributed by atoms with Gasteiger partial charge in [-0.05, 0) is 48.4 Å². The van der Waals surface area contributed by atoms with Crippen LogP contribution in [-0.4, -0.2) is 11.8 Å². The van der Waals surface area contributed by atoms with Gasteiger partial charge in [0.05, 0.1) is 0 Å². The normalized spacial score (nSPS) is 10.5. The van der Waals surface area contributed by atoms with Gasteiger partial charge in [-0.15, -0.1) is 0 Å². The van der Waals surface area contributed by atoms with Crippen LogP contribution in [0, 0.1) is 11.7 Å². The summed E-state index contributed by atoms with van der Waals surface area (Å²) in [7, 11) is 0. The topological polar surface area (TPSA) is 58.2 Å². The predicted molar refractivity (Wildman–Crippen MR) is 93.3 cm³/mol. The zero-order valence-corrected chi connectivity index (χ0v) is 13.8. The van der Waals surface area contributed by atoms with Crippen molar-refractivity contribution < 1.29 is 14.0 Å². The average molecular weight is 328 g/mol. The smallest absolute Gasteiger partial charge is 0.226 e. The van der Waals surface area contributed by atoms with Crippen molar-refractivity contribution in [1.29, 1.82) is 0 Å². The molecule has 0 unspecified atom stereocenters. The second kappa shape index (κ2) is 8.24. The summed E-state index contributed by atoms with van der Waals surface area (Å²) in [6.07, 6.45) is 0.867. The molecule has 2 rings (SSSR count). The molecule has 0 aliphatic heterocycles. The number of amides is 2. The van der Waals surface area contributed by atoms with Gasteiger partial charge >= 0.3 is 0 Å². The van der Waals surface area contributed by atoms with Crippen molar-refractivity contribution in [2.24, 2.45) is 5.92 Å². The van der Waals surface area contributed by atoms with Crippen LogP contribution in [0.5, 0.6) is 0 Å². The molecule has 0 atom stereocenters. The number of benzene rings is 2. The van der Waals surface area contributed by atoms with E-state index < -0.39 is 0 Å². The van der Waals surface area contributed by atoms with Crippen LogP contribution in [0.1, 0.15) is 25.8 Å². The Morgan fingerprint density at radius 3 is 2.00 bits per heavy atom. The molecule has 0 spiro atoms. The molecule has 0 bridgehead atoms. The van der Waals surface area contributed by atoms with E-state index in [0.717, 1.165) is 5.56 Å². The Hall–Kier alpha value is -2.69. The highest BCUT2D eigenvalue weighted by Gasteiger charge is 2.07. The molecule has 2 amide bonds. The Morgan fingerprint density at radius 1 is 0.917 bits per heavy atom. The zero-order valence-electron chi connectivity index (χ0n) is 13.8. The van der Waals surface area contributed by atoms with Crippen LogP contribution >= 0.6 is 0 Å². The summed E-state index contributed by atoms with van der Waals surface area (Å²) < 4.78 is 12.8. The van der Waals surface area contributed by atoms with Crippen LogP contribution in [0.4, 0.5) is 15.8 Å². The number of nitrogens with one attached hydrogen (secondary N) is 2. The van der Waals surface area contributed by atoms with Crippen molar-refractivity contribution in [3.63, 3.8) is 0 Å². The first-order chi connectivity index (χ1) is 11.4. The van der Waals surface area contributed by atoms with Crippen molar-refractivity contribution in [2.75, 3.05) is 10.6 Å². The van der Waals surface area contributed by atoms with E-state index in [9.17, 15) is 14.0 Å². The van der Waals surface area contributed by atoms with Gasteiger partial charge in [0, 0.05) is 23.7 Å². The fourth-order valence-corrected chi connectivity index (χ4v) is 2.06. The van der Waals surface area contributed by atoms with E-state index in [-0.39, 0.29) is 23.5 Å². The minimum absolute atomic E-state index is 0.0499. The number of carbonyl (C=O) groups excluding carboxylic acids is 2. The molecule has 24 heavy (non-hydrogen) atoms. The summed E-state index contributed by atoms with van der Waals surface area (Å²) >= 11 is 0. The third-order valence-corrected chi connectivity index (χ3v) is 3.51. The molecular weight excluding hydrogens is 307 g/mol. The van der Waals surface area contributed by atoms with Crippen molar-refractivity contribution in [1.82, 2.24) is 0 Å². The van der Waals surface area contributed by atoms with Gasteiger partial charge in [0.1, 0.15) is 5.82 Å². The van der Waals surface area contributed by atoms with E-state index in [0.29, 0.717) is 24.2 Å². The molecule has 0 heterocycles. The van der Waals surface area contributed by atoms with E-state index >= 15 is 0 Å². The molecule has 0 aliphatic carbocycles. The van der Waals surface area contributed by atoms with Gasteiger partial charge in [-0.2, -0.15) is 0 Å². The summed E-state index contributed by atoms with van der Waals surface area (Å²) in [5, 5.41) is 5.59.